The summed E-state index contributed by atoms with van der Waals surface area (Å²) in [6, 6.07) is 16.6. The van der Waals surface area contributed by atoms with Gasteiger partial charge in [0.2, 0.25) is 0 Å². The van der Waals surface area contributed by atoms with Gasteiger partial charge in [-0.3, -0.25) is 9.59 Å². The maximum absolute atomic E-state index is 13.4. The SMILES string of the molecule is CCOc1ccc(N2C(=O)C(c3ccccc3)=C(N3CCCCC3)C2=O)cc1. The van der Waals surface area contributed by atoms with Gasteiger partial charge in [-0.2, -0.15) is 0 Å². The minimum absolute atomic E-state index is 0.241. The average molecular weight is 376 g/mol. The fourth-order valence-corrected chi connectivity index (χ4v) is 3.89. The molecule has 0 N–H and O–H groups in total. The first-order valence-electron chi connectivity index (χ1n) is 9.87. The van der Waals surface area contributed by atoms with Crippen LogP contribution in [0.4, 0.5) is 5.69 Å². The molecule has 2 aliphatic rings. The van der Waals surface area contributed by atoms with Crippen molar-refractivity contribution in [2.45, 2.75) is 26.2 Å². The predicted molar refractivity (Wildman–Crippen MR) is 109 cm³/mol. The van der Waals surface area contributed by atoms with Gasteiger partial charge >= 0.3 is 0 Å². The number of carbonyl (C=O) groups is 2. The van der Waals surface area contributed by atoms with E-state index in [1.165, 1.54) is 4.90 Å². The van der Waals surface area contributed by atoms with Crippen LogP contribution in [-0.4, -0.2) is 36.4 Å². The molecular formula is C23H24N2O3. The summed E-state index contributed by atoms with van der Waals surface area (Å²) < 4.78 is 5.48. The molecule has 5 nitrogen and oxygen atoms in total. The van der Waals surface area contributed by atoms with Gasteiger partial charge in [0, 0.05) is 13.1 Å². The molecule has 1 saturated heterocycles. The largest absolute Gasteiger partial charge is 0.494 e. The summed E-state index contributed by atoms with van der Waals surface area (Å²) in [6.45, 7) is 4.10. The average Bonchev–Trinajstić information content (AvgIpc) is 3.00. The van der Waals surface area contributed by atoms with Crippen LogP contribution in [0, 0.1) is 0 Å². The number of benzene rings is 2. The second-order valence-electron chi connectivity index (χ2n) is 7.01. The first-order chi connectivity index (χ1) is 13.7. The van der Waals surface area contributed by atoms with Crippen LogP contribution in [0.2, 0.25) is 0 Å². The number of hydrogen-bond acceptors (Lipinski definition) is 4. The van der Waals surface area contributed by atoms with E-state index in [1.54, 1.807) is 24.3 Å². The van der Waals surface area contributed by atoms with Crippen LogP contribution >= 0.6 is 0 Å². The quantitative estimate of drug-likeness (QED) is 0.744. The number of piperidine rings is 1. The molecule has 0 aliphatic carbocycles. The van der Waals surface area contributed by atoms with Crippen LogP contribution < -0.4 is 9.64 Å². The van der Waals surface area contributed by atoms with Crippen LogP contribution in [-0.2, 0) is 9.59 Å². The molecule has 0 radical (unpaired) electrons. The number of amides is 2. The van der Waals surface area contributed by atoms with E-state index in [0.29, 0.717) is 23.6 Å². The monoisotopic (exact) mass is 376 g/mol. The van der Waals surface area contributed by atoms with E-state index < -0.39 is 0 Å². The summed E-state index contributed by atoms with van der Waals surface area (Å²) in [5, 5.41) is 0. The number of carbonyl (C=O) groups excluding carboxylic acids is 2. The second-order valence-corrected chi connectivity index (χ2v) is 7.01. The van der Waals surface area contributed by atoms with E-state index in [-0.39, 0.29) is 11.8 Å². The van der Waals surface area contributed by atoms with E-state index in [1.807, 2.05) is 37.3 Å². The summed E-state index contributed by atoms with van der Waals surface area (Å²) in [5.41, 5.74) is 2.39. The van der Waals surface area contributed by atoms with Gasteiger partial charge in [-0.1, -0.05) is 30.3 Å². The van der Waals surface area contributed by atoms with Crippen molar-refractivity contribution in [1.82, 2.24) is 4.90 Å². The van der Waals surface area contributed by atoms with Crippen molar-refractivity contribution in [2.24, 2.45) is 0 Å². The number of ether oxygens (including phenoxy) is 1. The molecule has 2 aromatic carbocycles. The van der Waals surface area contributed by atoms with Crippen molar-refractivity contribution in [3.63, 3.8) is 0 Å². The zero-order valence-corrected chi connectivity index (χ0v) is 16.1. The van der Waals surface area contributed by atoms with Gasteiger partial charge < -0.3 is 9.64 Å². The van der Waals surface area contributed by atoms with Gasteiger partial charge in [0.25, 0.3) is 11.8 Å². The van der Waals surface area contributed by atoms with Gasteiger partial charge in [-0.25, -0.2) is 4.90 Å². The van der Waals surface area contributed by atoms with Crippen molar-refractivity contribution >= 4 is 23.1 Å². The molecule has 0 saturated carbocycles. The Morgan fingerprint density at radius 1 is 0.857 bits per heavy atom. The van der Waals surface area contributed by atoms with Crippen LogP contribution in [0.15, 0.2) is 60.3 Å². The summed E-state index contributed by atoms with van der Waals surface area (Å²) >= 11 is 0. The van der Waals surface area contributed by atoms with Crippen molar-refractivity contribution in [2.75, 3.05) is 24.6 Å². The molecule has 2 heterocycles. The lowest BCUT2D eigenvalue weighted by molar-refractivity contribution is -0.120. The fraction of sp³-hybridized carbons (Fsp3) is 0.304. The Balaban J connectivity index is 1.74. The number of likely N-dealkylation sites (tertiary alicyclic amines) is 1. The normalized spacial score (nSPS) is 17.5. The van der Waals surface area contributed by atoms with Gasteiger partial charge in [0.05, 0.1) is 17.9 Å². The lowest BCUT2D eigenvalue weighted by Gasteiger charge is -2.29. The topological polar surface area (TPSA) is 49.9 Å². The van der Waals surface area contributed by atoms with Crippen molar-refractivity contribution in [1.29, 1.82) is 0 Å². The third-order valence-electron chi connectivity index (χ3n) is 5.20. The number of hydrogen-bond donors (Lipinski definition) is 0. The Kier molecular flexibility index (Phi) is 5.15. The molecule has 28 heavy (non-hydrogen) atoms. The second kappa shape index (κ2) is 7.89. The van der Waals surface area contributed by atoms with Crippen LogP contribution in [0.5, 0.6) is 5.75 Å². The first-order valence-corrected chi connectivity index (χ1v) is 9.87. The highest BCUT2D eigenvalue weighted by Gasteiger charge is 2.42. The smallest absolute Gasteiger partial charge is 0.282 e. The van der Waals surface area contributed by atoms with Crippen molar-refractivity contribution < 1.29 is 14.3 Å². The zero-order chi connectivity index (χ0) is 19.5. The molecule has 144 valence electrons. The molecule has 4 rings (SSSR count). The van der Waals surface area contributed by atoms with E-state index >= 15 is 0 Å². The van der Waals surface area contributed by atoms with Crippen molar-refractivity contribution in [3.05, 3.63) is 65.9 Å². The van der Waals surface area contributed by atoms with Crippen LogP contribution in [0.25, 0.3) is 5.57 Å². The summed E-state index contributed by atoms with van der Waals surface area (Å²) in [7, 11) is 0. The molecule has 0 atom stereocenters. The Labute approximate surface area is 165 Å². The van der Waals surface area contributed by atoms with Gasteiger partial charge in [-0.05, 0) is 56.0 Å². The molecule has 2 aromatic rings. The van der Waals surface area contributed by atoms with Crippen LogP contribution in [0.3, 0.4) is 0 Å². The molecular weight excluding hydrogens is 352 g/mol. The molecule has 1 fully saturated rings. The molecule has 0 aromatic heterocycles. The first kappa shape index (κ1) is 18.3. The molecule has 2 aliphatic heterocycles. The third kappa shape index (κ3) is 3.28. The van der Waals surface area contributed by atoms with E-state index in [0.717, 1.165) is 43.7 Å². The highest BCUT2D eigenvalue weighted by molar-refractivity contribution is 6.45. The van der Waals surface area contributed by atoms with E-state index in [2.05, 4.69) is 4.90 Å². The number of imide groups is 1. The Hall–Kier alpha value is -3.08. The van der Waals surface area contributed by atoms with Gasteiger partial charge in [0.15, 0.2) is 0 Å². The molecule has 0 spiro atoms. The van der Waals surface area contributed by atoms with Gasteiger partial charge in [0.1, 0.15) is 11.4 Å². The summed E-state index contributed by atoms with van der Waals surface area (Å²) in [6.07, 6.45) is 3.24. The van der Waals surface area contributed by atoms with Gasteiger partial charge in [-0.15, -0.1) is 0 Å². The summed E-state index contributed by atoms with van der Waals surface area (Å²) in [4.78, 5) is 30.1. The van der Waals surface area contributed by atoms with E-state index in [4.69, 9.17) is 4.74 Å². The third-order valence-corrected chi connectivity index (χ3v) is 5.20. The number of nitrogens with zero attached hydrogens (tertiary/aromatic N) is 2. The lowest BCUT2D eigenvalue weighted by Crippen LogP contribution is -2.37. The highest BCUT2D eigenvalue weighted by Crippen LogP contribution is 2.36. The van der Waals surface area contributed by atoms with Crippen LogP contribution in [0.1, 0.15) is 31.7 Å². The van der Waals surface area contributed by atoms with Crippen molar-refractivity contribution in [3.8, 4) is 5.75 Å². The Bertz CT molecular complexity index is 897. The zero-order valence-electron chi connectivity index (χ0n) is 16.1. The number of anilines is 1. The molecule has 2 amide bonds. The minimum atomic E-state index is -0.263. The molecule has 5 heteroatoms. The predicted octanol–water partition coefficient (Wildman–Crippen LogP) is 3.86. The fourth-order valence-electron chi connectivity index (χ4n) is 3.89. The standard InChI is InChI=1S/C23H24N2O3/c1-2-28-19-13-11-18(12-14-19)25-22(26)20(17-9-5-3-6-10-17)21(23(25)27)24-15-7-4-8-16-24/h3,5-6,9-14H,2,4,7-8,15-16H2,1H3. The molecule has 0 bridgehead atoms. The number of rotatable bonds is 5. The highest BCUT2D eigenvalue weighted by atomic mass is 16.5. The lowest BCUT2D eigenvalue weighted by atomic mass is 10.0. The molecule has 0 unspecified atom stereocenters. The van der Waals surface area contributed by atoms with E-state index in [9.17, 15) is 9.59 Å². The minimum Gasteiger partial charge on any atom is -0.494 e. The maximum atomic E-state index is 13.4. The Morgan fingerprint density at radius 2 is 1.54 bits per heavy atom. The maximum Gasteiger partial charge on any atom is 0.282 e. The summed E-state index contributed by atoms with van der Waals surface area (Å²) in [5.74, 6) is 0.216. The Morgan fingerprint density at radius 3 is 2.18 bits per heavy atom.